The molecule has 0 radical (unpaired) electrons. The summed E-state index contributed by atoms with van der Waals surface area (Å²) in [7, 11) is 0. The third-order valence-corrected chi connectivity index (χ3v) is 3.92. The van der Waals surface area contributed by atoms with Gasteiger partial charge in [-0.25, -0.2) is 8.78 Å². The summed E-state index contributed by atoms with van der Waals surface area (Å²) in [6.07, 6.45) is 2.28. The molecule has 1 N–H and O–H groups in total. The lowest BCUT2D eigenvalue weighted by atomic mass is 10.2. The summed E-state index contributed by atoms with van der Waals surface area (Å²) in [5.41, 5.74) is 0.590. The smallest absolute Gasteiger partial charge is 0.198 e. The van der Waals surface area contributed by atoms with Crippen LogP contribution in [-0.4, -0.2) is 6.04 Å². The van der Waals surface area contributed by atoms with Crippen LogP contribution in [0.2, 0.25) is 0 Å². The lowest BCUT2D eigenvalue weighted by Gasteiger charge is -2.10. The van der Waals surface area contributed by atoms with E-state index in [0.717, 1.165) is 16.4 Å². The molecule has 1 fully saturated rings. The zero-order valence-corrected chi connectivity index (χ0v) is 13.4. The van der Waals surface area contributed by atoms with E-state index in [1.165, 1.54) is 12.1 Å². The second-order valence-corrected chi connectivity index (χ2v) is 6.35. The third-order valence-electron chi connectivity index (χ3n) is 3.25. The first-order valence-corrected chi connectivity index (χ1v) is 7.84. The van der Waals surface area contributed by atoms with Crippen molar-refractivity contribution in [1.29, 1.82) is 0 Å². The summed E-state index contributed by atoms with van der Waals surface area (Å²) >= 11 is 2.12. The summed E-state index contributed by atoms with van der Waals surface area (Å²) in [6, 6.07) is 10.2. The van der Waals surface area contributed by atoms with Gasteiger partial charge in [-0.3, -0.25) is 0 Å². The fourth-order valence-corrected chi connectivity index (χ4v) is 2.52. The average molecular weight is 401 g/mol. The van der Waals surface area contributed by atoms with Crippen LogP contribution in [-0.2, 0) is 6.54 Å². The van der Waals surface area contributed by atoms with E-state index in [1.54, 1.807) is 18.2 Å². The quantitative estimate of drug-likeness (QED) is 0.739. The topological polar surface area (TPSA) is 21.3 Å². The molecule has 0 bridgehead atoms. The number of hydrogen-bond donors (Lipinski definition) is 1. The minimum atomic E-state index is -0.679. The number of benzene rings is 2. The minimum absolute atomic E-state index is 0.354. The summed E-state index contributed by atoms with van der Waals surface area (Å²) in [4.78, 5) is 0. The fraction of sp³-hybridized carbons (Fsp3) is 0.250. The van der Waals surface area contributed by atoms with Gasteiger partial charge in [-0.05, 0) is 71.3 Å². The van der Waals surface area contributed by atoms with Crippen molar-refractivity contribution in [3.05, 3.63) is 57.2 Å². The molecule has 0 unspecified atom stereocenters. The van der Waals surface area contributed by atoms with Gasteiger partial charge < -0.3 is 10.1 Å². The van der Waals surface area contributed by atoms with E-state index in [9.17, 15) is 8.78 Å². The second-order valence-electron chi connectivity index (χ2n) is 5.10. The molecule has 0 aliphatic heterocycles. The molecule has 1 aliphatic rings. The van der Waals surface area contributed by atoms with E-state index in [0.29, 0.717) is 23.9 Å². The molecule has 2 aromatic carbocycles. The molecule has 0 spiro atoms. The Morgan fingerprint density at radius 1 is 1.14 bits per heavy atom. The highest BCUT2D eigenvalue weighted by Gasteiger charge is 2.21. The Labute approximate surface area is 135 Å². The summed E-state index contributed by atoms with van der Waals surface area (Å²) in [6.45, 7) is 0.474. The molecule has 5 heteroatoms. The highest BCUT2D eigenvalue weighted by molar-refractivity contribution is 14.1. The van der Waals surface area contributed by atoms with Crippen LogP contribution < -0.4 is 10.1 Å². The van der Waals surface area contributed by atoms with Crippen molar-refractivity contribution in [2.45, 2.75) is 25.4 Å². The van der Waals surface area contributed by atoms with Gasteiger partial charge in [0.15, 0.2) is 17.4 Å². The first-order valence-electron chi connectivity index (χ1n) is 6.76. The average Bonchev–Trinajstić information content (AvgIpc) is 3.25. The van der Waals surface area contributed by atoms with Gasteiger partial charge >= 0.3 is 0 Å². The zero-order valence-electron chi connectivity index (χ0n) is 11.2. The molecule has 3 rings (SSSR count). The monoisotopic (exact) mass is 401 g/mol. The molecule has 110 valence electrons. The van der Waals surface area contributed by atoms with Gasteiger partial charge in [-0.2, -0.15) is 0 Å². The van der Waals surface area contributed by atoms with Crippen molar-refractivity contribution in [2.24, 2.45) is 0 Å². The van der Waals surface area contributed by atoms with E-state index in [-0.39, 0.29) is 5.75 Å². The van der Waals surface area contributed by atoms with Gasteiger partial charge in [0.05, 0.1) is 0 Å². The number of hydrogen-bond acceptors (Lipinski definition) is 2. The lowest BCUT2D eigenvalue weighted by Crippen LogP contribution is -2.15. The van der Waals surface area contributed by atoms with Gasteiger partial charge in [-0.15, -0.1) is 0 Å². The van der Waals surface area contributed by atoms with Crippen LogP contribution in [0.15, 0.2) is 36.4 Å². The molecule has 0 atom stereocenters. The highest BCUT2D eigenvalue weighted by Crippen LogP contribution is 2.29. The van der Waals surface area contributed by atoms with Crippen molar-refractivity contribution in [1.82, 2.24) is 5.32 Å². The van der Waals surface area contributed by atoms with E-state index in [1.807, 2.05) is 6.07 Å². The highest BCUT2D eigenvalue weighted by atomic mass is 127. The maximum absolute atomic E-state index is 14.0. The van der Waals surface area contributed by atoms with Crippen LogP contribution in [0.5, 0.6) is 11.5 Å². The van der Waals surface area contributed by atoms with E-state index in [4.69, 9.17) is 4.74 Å². The summed E-state index contributed by atoms with van der Waals surface area (Å²) in [5, 5.41) is 3.23. The standard InChI is InChI=1S/C16H14F2INO/c17-14-6-10(9-20-12-4-5-12)7-15(18)16(14)21-13-3-1-2-11(19)8-13/h1-3,6-8,12,20H,4-5,9H2. The molecule has 0 saturated heterocycles. The van der Waals surface area contributed by atoms with Crippen LogP contribution in [0, 0.1) is 15.2 Å². The number of halogens is 3. The molecule has 0 amide bonds. The number of ether oxygens (including phenoxy) is 1. The minimum Gasteiger partial charge on any atom is -0.451 e. The maximum Gasteiger partial charge on any atom is 0.198 e. The largest absolute Gasteiger partial charge is 0.451 e. The molecule has 0 aromatic heterocycles. The Hall–Kier alpha value is -1.21. The molecule has 1 saturated carbocycles. The SMILES string of the molecule is Fc1cc(CNC2CC2)cc(F)c1Oc1cccc(I)c1. The molecule has 0 heterocycles. The van der Waals surface area contributed by atoms with Crippen LogP contribution in [0.4, 0.5) is 8.78 Å². The normalized spacial score (nSPS) is 14.2. The van der Waals surface area contributed by atoms with Gasteiger partial charge in [0.25, 0.3) is 0 Å². The molecule has 1 aliphatic carbocycles. The third kappa shape index (κ3) is 3.91. The van der Waals surface area contributed by atoms with Crippen LogP contribution >= 0.6 is 22.6 Å². The lowest BCUT2D eigenvalue weighted by molar-refractivity contribution is 0.406. The fourth-order valence-electron chi connectivity index (χ4n) is 2.01. The van der Waals surface area contributed by atoms with Crippen molar-refractivity contribution in [3.8, 4) is 11.5 Å². The van der Waals surface area contributed by atoms with Crippen molar-refractivity contribution < 1.29 is 13.5 Å². The maximum atomic E-state index is 14.0. The Morgan fingerprint density at radius 3 is 2.48 bits per heavy atom. The van der Waals surface area contributed by atoms with Crippen molar-refractivity contribution in [2.75, 3.05) is 0 Å². The van der Waals surface area contributed by atoms with Crippen molar-refractivity contribution >= 4 is 22.6 Å². The molecule has 2 aromatic rings. The predicted octanol–water partition coefficient (Wildman–Crippen LogP) is 4.61. The first kappa shape index (κ1) is 14.7. The van der Waals surface area contributed by atoms with Crippen LogP contribution in [0.25, 0.3) is 0 Å². The molecule has 21 heavy (non-hydrogen) atoms. The van der Waals surface area contributed by atoms with E-state index >= 15 is 0 Å². The Balaban J connectivity index is 1.78. The summed E-state index contributed by atoms with van der Waals surface area (Å²) in [5.74, 6) is -1.29. The molecule has 2 nitrogen and oxygen atoms in total. The Morgan fingerprint density at radius 2 is 1.86 bits per heavy atom. The van der Waals surface area contributed by atoms with Gasteiger partial charge in [0.1, 0.15) is 5.75 Å². The van der Waals surface area contributed by atoms with Gasteiger partial charge in [0.2, 0.25) is 0 Å². The van der Waals surface area contributed by atoms with Gasteiger partial charge in [0, 0.05) is 16.2 Å². The van der Waals surface area contributed by atoms with Crippen LogP contribution in [0.1, 0.15) is 18.4 Å². The van der Waals surface area contributed by atoms with E-state index < -0.39 is 11.6 Å². The van der Waals surface area contributed by atoms with Gasteiger partial charge in [-0.1, -0.05) is 6.07 Å². The summed E-state index contributed by atoms with van der Waals surface area (Å²) < 4.78 is 34.4. The second kappa shape index (κ2) is 6.27. The van der Waals surface area contributed by atoms with Crippen LogP contribution in [0.3, 0.4) is 0 Å². The predicted molar refractivity (Wildman–Crippen MR) is 85.5 cm³/mol. The first-order chi connectivity index (χ1) is 10.1. The molecular weight excluding hydrogens is 387 g/mol. The Kier molecular flexibility index (Phi) is 4.40. The van der Waals surface area contributed by atoms with Crippen molar-refractivity contribution in [3.63, 3.8) is 0 Å². The number of rotatable bonds is 5. The van der Waals surface area contributed by atoms with E-state index in [2.05, 4.69) is 27.9 Å². The zero-order chi connectivity index (χ0) is 14.8. The number of nitrogens with one attached hydrogen (secondary N) is 1. The Bertz CT molecular complexity index is 635. The molecular formula is C16H14F2INO.